The van der Waals surface area contributed by atoms with Gasteiger partial charge in [-0.25, -0.2) is 4.98 Å². The Kier molecular flexibility index (Phi) is 3.42. The largest absolute Gasteiger partial charge is 0.310 e. The summed E-state index contributed by atoms with van der Waals surface area (Å²) in [6.07, 6.45) is 0. The van der Waals surface area contributed by atoms with Crippen molar-refractivity contribution in [1.29, 1.82) is 5.26 Å². The second kappa shape index (κ2) is 4.71. The number of thiazole rings is 1. The number of rotatable bonds is 4. The van der Waals surface area contributed by atoms with Gasteiger partial charge in [-0.1, -0.05) is 0 Å². The van der Waals surface area contributed by atoms with E-state index in [0.717, 1.165) is 17.2 Å². The van der Waals surface area contributed by atoms with E-state index in [4.69, 9.17) is 5.26 Å². The predicted molar refractivity (Wildman–Crippen MR) is 73.6 cm³/mol. The maximum absolute atomic E-state index is 8.98. The summed E-state index contributed by atoms with van der Waals surface area (Å²) in [5.74, 6) is 0. The fourth-order valence-corrected chi connectivity index (χ4v) is 2.84. The van der Waals surface area contributed by atoms with Gasteiger partial charge in [-0.3, -0.25) is 4.40 Å². The summed E-state index contributed by atoms with van der Waals surface area (Å²) in [6, 6.07) is 2.30. The van der Waals surface area contributed by atoms with Crippen molar-refractivity contribution in [3.63, 3.8) is 0 Å². The Balaban J connectivity index is 2.15. The van der Waals surface area contributed by atoms with Gasteiger partial charge in [0, 0.05) is 24.2 Å². The molecule has 18 heavy (non-hydrogen) atoms. The molecule has 96 valence electrons. The first-order valence-electron chi connectivity index (χ1n) is 5.98. The Labute approximate surface area is 111 Å². The molecule has 0 radical (unpaired) electrons. The fourth-order valence-electron chi connectivity index (χ4n) is 1.91. The van der Waals surface area contributed by atoms with E-state index in [-0.39, 0.29) is 5.41 Å². The third-order valence-electron chi connectivity index (χ3n) is 2.99. The van der Waals surface area contributed by atoms with Crippen molar-refractivity contribution in [2.75, 3.05) is 6.54 Å². The number of imidazole rings is 1. The summed E-state index contributed by atoms with van der Waals surface area (Å²) in [4.78, 5) is 5.59. The van der Waals surface area contributed by atoms with Gasteiger partial charge in [0.05, 0.1) is 22.9 Å². The minimum absolute atomic E-state index is 0.332. The number of hydrogen-bond acceptors (Lipinski definition) is 4. The van der Waals surface area contributed by atoms with Crippen LogP contribution in [0.4, 0.5) is 0 Å². The SMILES string of the molecule is Cc1nc2scc(C)n2c1CNCC(C)(C)C#N. The van der Waals surface area contributed by atoms with E-state index in [9.17, 15) is 0 Å². The van der Waals surface area contributed by atoms with E-state index in [2.05, 4.69) is 33.1 Å². The van der Waals surface area contributed by atoms with E-state index < -0.39 is 0 Å². The molecule has 0 fully saturated rings. The quantitative estimate of drug-likeness (QED) is 0.921. The number of nitriles is 1. The predicted octanol–water partition coefficient (Wildman–Crippen LogP) is 2.65. The summed E-state index contributed by atoms with van der Waals surface area (Å²) in [5.41, 5.74) is 3.14. The van der Waals surface area contributed by atoms with E-state index >= 15 is 0 Å². The minimum atomic E-state index is -0.332. The Bertz CT molecular complexity index is 600. The van der Waals surface area contributed by atoms with Crippen LogP contribution in [0, 0.1) is 30.6 Å². The molecule has 0 saturated carbocycles. The molecule has 0 unspecified atom stereocenters. The van der Waals surface area contributed by atoms with Crippen LogP contribution >= 0.6 is 11.3 Å². The lowest BCUT2D eigenvalue weighted by Crippen LogP contribution is -2.28. The van der Waals surface area contributed by atoms with E-state index in [1.165, 1.54) is 11.4 Å². The van der Waals surface area contributed by atoms with Crippen LogP contribution in [-0.4, -0.2) is 15.9 Å². The van der Waals surface area contributed by atoms with Gasteiger partial charge in [-0.15, -0.1) is 11.3 Å². The molecule has 2 heterocycles. The molecule has 0 aliphatic rings. The average molecular weight is 262 g/mol. The molecule has 0 bridgehead atoms. The monoisotopic (exact) mass is 262 g/mol. The number of aromatic nitrogens is 2. The smallest absolute Gasteiger partial charge is 0.194 e. The van der Waals surface area contributed by atoms with Gasteiger partial charge in [0.2, 0.25) is 0 Å². The summed E-state index contributed by atoms with van der Waals surface area (Å²) in [6.45, 7) is 9.43. The van der Waals surface area contributed by atoms with Crippen LogP contribution in [0.3, 0.4) is 0 Å². The van der Waals surface area contributed by atoms with Crippen molar-refractivity contribution in [3.05, 3.63) is 22.5 Å². The number of fused-ring (bicyclic) bond motifs is 1. The molecule has 0 spiro atoms. The van der Waals surface area contributed by atoms with Gasteiger partial charge in [0.15, 0.2) is 4.96 Å². The molecule has 1 N–H and O–H groups in total. The molecule has 0 aliphatic carbocycles. The molecule has 2 rings (SSSR count). The lowest BCUT2D eigenvalue weighted by atomic mass is 9.96. The summed E-state index contributed by atoms with van der Waals surface area (Å²) in [5, 5.41) is 14.4. The molecule has 0 aromatic carbocycles. The van der Waals surface area contributed by atoms with Crippen molar-refractivity contribution < 1.29 is 0 Å². The van der Waals surface area contributed by atoms with E-state index in [0.29, 0.717) is 6.54 Å². The molecule has 5 heteroatoms. The van der Waals surface area contributed by atoms with Gasteiger partial charge < -0.3 is 5.32 Å². The van der Waals surface area contributed by atoms with Gasteiger partial charge in [0.1, 0.15) is 0 Å². The second-order valence-corrected chi connectivity index (χ2v) is 6.07. The van der Waals surface area contributed by atoms with E-state index in [1.807, 2.05) is 20.8 Å². The fraction of sp³-hybridized carbons (Fsp3) is 0.538. The lowest BCUT2D eigenvalue weighted by Gasteiger charge is -2.15. The van der Waals surface area contributed by atoms with Gasteiger partial charge in [0.25, 0.3) is 0 Å². The maximum Gasteiger partial charge on any atom is 0.194 e. The molecule has 0 saturated heterocycles. The zero-order chi connectivity index (χ0) is 13.3. The molecular formula is C13H18N4S. The second-order valence-electron chi connectivity index (χ2n) is 5.24. The standard InChI is InChI=1S/C13H18N4S/c1-9-6-18-12-16-10(2)11(17(9)12)5-15-8-13(3,4)7-14/h6,15H,5,8H2,1-4H3. The molecule has 2 aromatic rings. The Morgan fingerprint density at radius 3 is 2.89 bits per heavy atom. The maximum atomic E-state index is 8.98. The van der Waals surface area contributed by atoms with Crippen molar-refractivity contribution in [2.24, 2.45) is 5.41 Å². The zero-order valence-electron chi connectivity index (χ0n) is 11.2. The molecule has 2 aromatic heterocycles. The van der Waals surface area contributed by atoms with Gasteiger partial charge in [-0.05, 0) is 27.7 Å². The first-order chi connectivity index (χ1) is 8.44. The van der Waals surface area contributed by atoms with Crippen molar-refractivity contribution in [3.8, 4) is 6.07 Å². The number of nitrogens with one attached hydrogen (secondary N) is 1. The summed E-state index contributed by atoms with van der Waals surface area (Å²) >= 11 is 1.66. The van der Waals surface area contributed by atoms with Crippen molar-refractivity contribution >= 4 is 16.3 Å². The first-order valence-corrected chi connectivity index (χ1v) is 6.86. The van der Waals surface area contributed by atoms with E-state index in [1.54, 1.807) is 11.3 Å². The normalized spacial score (nSPS) is 11.9. The molecule has 0 amide bonds. The Morgan fingerprint density at radius 2 is 2.22 bits per heavy atom. The highest BCUT2D eigenvalue weighted by molar-refractivity contribution is 7.15. The Hall–Kier alpha value is -1.38. The first kappa shape index (κ1) is 13.1. The van der Waals surface area contributed by atoms with Crippen LogP contribution < -0.4 is 5.32 Å². The van der Waals surface area contributed by atoms with Crippen LogP contribution in [0.15, 0.2) is 5.38 Å². The van der Waals surface area contributed by atoms with Crippen LogP contribution in [0.1, 0.15) is 30.9 Å². The van der Waals surface area contributed by atoms with Crippen LogP contribution in [-0.2, 0) is 6.54 Å². The van der Waals surface area contributed by atoms with Crippen LogP contribution in [0.25, 0.3) is 4.96 Å². The average Bonchev–Trinajstić information content (AvgIpc) is 2.81. The highest BCUT2D eigenvalue weighted by Gasteiger charge is 2.17. The van der Waals surface area contributed by atoms with Crippen LogP contribution in [0.5, 0.6) is 0 Å². The topological polar surface area (TPSA) is 53.1 Å². The third-order valence-corrected chi connectivity index (χ3v) is 3.94. The van der Waals surface area contributed by atoms with Gasteiger partial charge in [-0.2, -0.15) is 5.26 Å². The number of nitrogens with zero attached hydrogens (tertiary/aromatic N) is 3. The summed E-state index contributed by atoms with van der Waals surface area (Å²) < 4.78 is 2.19. The van der Waals surface area contributed by atoms with Gasteiger partial charge >= 0.3 is 0 Å². The zero-order valence-corrected chi connectivity index (χ0v) is 12.1. The number of aryl methyl sites for hydroxylation is 2. The highest BCUT2D eigenvalue weighted by atomic mass is 32.1. The minimum Gasteiger partial charge on any atom is -0.310 e. The Morgan fingerprint density at radius 1 is 1.50 bits per heavy atom. The molecule has 0 atom stereocenters. The van der Waals surface area contributed by atoms with Crippen molar-refractivity contribution in [2.45, 2.75) is 34.2 Å². The molecule has 0 aliphatic heterocycles. The van der Waals surface area contributed by atoms with Crippen molar-refractivity contribution in [1.82, 2.24) is 14.7 Å². The lowest BCUT2D eigenvalue weighted by molar-refractivity contribution is 0.442. The molecular weight excluding hydrogens is 244 g/mol. The number of hydrogen-bond donors (Lipinski definition) is 1. The highest BCUT2D eigenvalue weighted by Crippen LogP contribution is 2.20. The van der Waals surface area contributed by atoms with Crippen LogP contribution in [0.2, 0.25) is 0 Å². The third kappa shape index (κ3) is 2.40. The molecule has 4 nitrogen and oxygen atoms in total. The summed E-state index contributed by atoms with van der Waals surface area (Å²) in [7, 11) is 0.